The molecule has 0 unspecified atom stereocenters. The third-order valence-electron chi connectivity index (χ3n) is 6.30. The molecule has 5 heteroatoms. The van der Waals surface area contributed by atoms with Gasteiger partial charge in [-0.1, -0.05) is 103 Å². The molecule has 0 aliphatic rings. The van der Waals surface area contributed by atoms with E-state index in [-0.39, 0.29) is 5.75 Å². The molecule has 0 bridgehead atoms. The van der Waals surface area contributed by atoms with Gasteiger partial charge in [0.2, 0.25) is 0 Å². The molecule has 4 nitrogen and oxygen atoms in total. The van der Waals surface area contributed by atoms with Crippen LogP contribution in [0, 0.1) is 0 Å². The molecular weight excluding hydrogens is 432 g/mol. The van der Waals surface area contributed by atoms with Gasteiger partial charge in [0.1, 0.15) is 5.75 Å². The molecule has 0 aliphatic carbocycles. The van der Waals surface area contributed by atoms with Gasteiger partial charge < -0.3 is 4.74 Å². The Morgan fingerprint density at radius 1 is 0.697 bits per heavy atom. The third kappa shape index (κ3) is 17.1. The molecule has 0 aromatic heterocycles. The Hall–Kier alpha value is -1.07. The number of unbranched alkanes of at least 4 members (excludes halogenated alkanes) is 13. The molecule has 0 spiro atoms. The predicted octanol–water partition coefficient (Wildman–Crippen LogP) is 8.32. The van der Waals surface area contributed by atoms with Crippen molar-refractivity contribution in [3.63, 3.8) is 0 Å². The van der Waals surface area contributed by atoms with Crippen LogP contribution in [-0.2, 0) is 23.0 Å². The molecule has 0 saturated heterocycles. The molecular formula is C28H50O4S. The van der Waals surface area contributed by atoms with Gasteiger partial charge in [-0.15, -0.1) is 0 Å². The second kappa shape index (κ2) is 19.3. The molecule has 0 aliphatic heterocycles. The smallest absolute Gasteiger partial charge is 0.264 e. The Balaban J connectivity index is 2.50. The molecule has 33 heavy (non-hydrogen) atoms. The largest absolute Gasteiger partial charge is 0.493 e. The fraction of sp³-hybridized carbons (Fsp3) is 0.786. The second-order valence-electron chi connectivity index (χ2n) is 9.53. The molecule has 0 fully saturated rings. The number of hydrogen-bond donors (Lipinski definition) is 1. The van der Waals surface area contributed by atoms with Crippen molar-refractivity contribution in [1.29, 1.82) is 0 Å². The van der Waals surface area contributed by atoms with Gasteiger partial charge in [-0.2, -0.15) is 8.42 Å². The van der Waals surface area contributed by atoms with Crippen LogP contribution in [0.5, 0.6) is 5.75 Å². The van der Waals surface area contributed by atoms with E-state index in [1.54, 1.807) is 0 Å². The lowest BCUT2D eigenvalue weighted by atomic mass is 9.99. The van der Waals surface area contributed by atoms with Crippen LogP contribution >= 0.6 is 0 Å². The van der Waals surface area contributed by atoms with Gasteiger partial charge in [-0.3, -0.25) is 4.55 Å². The molecule has 0 radical (unpaired) electrons. The fourth-order valence-corrected chi connectivity index (χ4v) is 4.82. The molecule has 1 N–H and O–H groups in total. The summed E-state index contributed by atoms with van der Waals surface area (Å²) in [6.07, 6.45) is 21.6. The molecule has 0 amide bonds. The van der Waals surface area contributed by atoms with Crippen molar-refractivity contribution in [2.45, 2.75) is 129 Å². The van der Waals surface area contributed by atoms with Gasteiger partial charge in [0, 0.05) is 0 Å². The van der Waals surface area contributed by atoms with E-state index in [1.165, 1.54) is 101 Å². The van der Waals surface area contributed by atoms with Crippen LogP contribution in [0.1, 0.15) is 128 Å². The van der Waals surface area contributed by atoms with Gasteiger partial charge in [-0.25, -0.2) is 0 Å². The number of aryl methyl sites for hydroxylation is 2. The van der Waals surface area contributed by atoms with Crippen LogP contribution in [0.25, 0.3) is 0 Å². The van der Waals surface area contributed by atoms with E-state index < -0.39 is 10.1 Å². The van der Waals surface area contributed by atoms with Crippen molar-refractivity contribution < 1.29 is 17.7 Å². The molecule has 0 heterocycles. The zero-order chi connectivity index (χ0) is 24.2. The van der Waals surface area contributed by atoms with E-state index >= 15 is 0 Å². The minimum Gasteiger partial charge on any atom is -0.493 e. The minimum atomic E-state index is -3.88. The van der Waals surface area contributed by atoms with Crippen molar-refractivity contribution in [3.8, 4) is 5.75 Å². The Morgan fingerprint density at radius 3 is 1.82 bits per heavy atom. The topological polar surface area (TPSA) is 63.6 Å². The zero-order valence-electron chi connectivity index (χ0n) is 21.5. The van der Waals surface area contributed by atoms with Crippen molar-refractivity contribution in [3.05, 3.63) is 29.3 Å². The van der Waals surface area contributed by atoms with Crippen LogP contribution in [0.15, 0.2) is 18.2 Å². The van der Waals surface area contributed by atoms with Crippen LogP contribution in [0.3, 0.4) is 0 Å². The lowest BCUT2D eigenvalue weighted by molar-refractivity contribution is 0.305. The quantitative estimate of drug-likeness (QED) is 0.133. The first-order valence-electron chi connectivity index (χ1n) is 13.7. The highest BCUT2D eigenvalue weighted by Crippen LogP contribution is 2.24. The van der Waals surface area contributed by atoms with E-state index in [1.807, 2.05) is 0 Å². The predicted molar refractivity (Wildman–Crippen MR) is 141 cm³/mol. The molecule has 1 aromatic rings. The summed E-state index contributed by atoms with van der Waals surface area (Å²) in [4.78, 5) is 0. The highest BCUT2D eigenvalue weighted by Gasteiger charge is 2.08. The maximum absolute atomic E-state index is 10.9. The van der Waals surface area contributed by atoms with Crippen molar-refractivity contribution >= 4 is 10.1 Å². The van der Waals surface area contributed by atoms with Gasteiger partial charge in [0.25, 0.3) is 10.1 Å². The summed E-state index contributed by atoms with van der Waals surface area (Å²) < 4.78 is 36.6. The SMILES string of the molecule is CCCCCCCCCc1ccc(OCCCCS(=O)(=O)O)c(CCCCCCCCC)c1. The second-order valence-corrected chi connectivity index (χ2v) is 11.1. The summed E-state index contributed by atoms with van der Waals surface area (Å²) in [7, 11) is -3.88. The van der Waals surface area contributed by atoms with E-state index in [9.17, 15) is 8.42 Å². The molecule has 1 aromatic carbocycles. The number of ether oxygens (including phenoxy) is 1. The van der Waals surface area contributed by atoms with E-state index in [0.29, 0.717) is 19.4 Å². The standard InChI is InChI=1S/C28H50O4S/c1-3-5-7-9-11-13-15-19-26-21-22-28(32-23-17-18-24-33(29,30)31)27(25-26)20-16-14-12-10-8-6-4-2/h21-22,25H,3-20,23-24H2,1-2H3,(H,29,30,31). The summed E-state index contributed by atoms with van der Waals surface area (Å²) >= 11 is 0. The van der Waals surface area contributed by atoms with Crippen molar-refractivity contribution in [2.75, 3.05) is 12.4 Å². The average molecular weight is 483 g/mol. The Kier molecular flexibility index (Phi) is 17.5. The number of rotatable bonds is 22. The van der Waals surface area contributed by atoms with E-state index in [0.717, 1.165) is 18.6 Å². The van der Waals surface area contributed by atoms with Crippen molar-refractivity contribution in [2.24, 2.45) is 0 Å². The first kappa shape index (κ1) is 30.0. The first-order valence-corrected chi connectivity index (χ1v) is 15.3. The molecule has 192 valence electrons. The minimum absolute atomic E-state index is 0.196. The maximum Gasteiger partial charge on any atom is 0.264 e. The van der Waals surface area contributed by atoms with Gasteiger partial charge in [-0.05, 0) is 55.7 Å². The number of hydrogen-bond acceptors (Lipinski definition) is 3. The van der Waals surface area contributed by atoms with E-state index in [4.69, 9.17) is 9.29 Å². The van der Waals surface area contributed by atoms with E-state index in [2.05, 4.69) is 32.0 Å². The van der Waals surface area contributed by atoms with Crippen LogP contribution in [0.4, 0.5) is 0 Å². The summed E-state index contributed by atoms with van der Waals surface area (Å²) in [5.41, 5.74) is 2.69. The van der Waals surface area contributed by atoms with Gasteiger partial charge >= 0.3 is 0 Å². The normalized spacial score (nSPS) is 11.7. The zero-order valence-corrected chi connectivity index (χ0v) is 22.3. The Labute approximate surface area is 204 Å². The lowest BCUT2D eigenvalue weighted by Gasteiger charge is -2.14. The van der Waals surface area contributed by atoms with Crippen LogP contribution in [0.2, 0.25) is 0 Å². The van der Waals surface area contributed by atoms with Crippen molar-refractivity contribution in [1.82, 2.24) is 0 Å². The average Bonchev–Trinajstić information content (AvgIpc) is 2.78. The summed E-state index contributed by atoms with van der Waals surface area (Å²) in [5, 5.41) is 0. The highest BCUT2D eigenvalue weighted by molar-refractivity contribution is 7.85. The Morgan fingerprint density at radius 2 is 1.24 bits per heavy atom. The third-order valence-corrected chi connectivity index (χ3v) is 7.10. The maximum atomic E-state index is 10.9. The lowest BCUT2D eigenvalue weighted by Crippen LogP contribution is -2.07. The van der Waals surface area contributed by atoms with Crippen LogP contribution < -0.4 is 4.74 Å². The molecule has 1 rings (SSSR count). The Bertz CT molecular complexity index is 700. The fourth-order valence-electron chi connectivity index (χ4n) is 4.25. The highest BCUT2D eigenvalue weighted by atomic mass is 32.2. The summed E-state index contributed by atoms with van der Waals surface area (Å²) in [5.74, 6) is 0.745. The van der Waals surface area contributed by atoms with Gasteiger partial charge in [0.05, 0.1) is 12.4 Å². The van der Waals surface area contributed by atoms with Crippen LogP contribution in [-0.4, -0.2) is 25.3 Å². The molecule has 0 saturated carbocycles. The summed E-state index contributed by atoms with van der Waals surface area (Å²) in [6.45, 7) is 5.00. The summed E-state index contributed by atoms with van der Waals surface area (Å²) in [6, 6.07) is 6.64. The molecule has 0 atom stereocenters. The number of benzene rings is 1. The monoisotopic (exact) mass is 482 g/mol. The first-order chi connectivity index (χ1) is 16.0. The van der Waals surface area contributed by atoms with Gasteiger partial charge in [0.15, 0.2) is 0 Å².